The van der Waals surface area contributed by atoms with Gasteiger partial charge in [-0.15, -0.1) is 11.3 Å². The summed E-state index contributed by atoms with van der Waals surface area (Å²) in [7, 11) is 1.67. The molecule has 3 rings (SSSR count). The third-order valence-corrected chi connectivity index (χ3v) is 4.17. The summed E-state index contributed by atoms with van der Waals surface area (Å²) in [5.41, 5.74) is 9.21. The summed E-state index contributed by atoms with van der Waals surface area (Å²) in [6.45, 7) is 0. The number of ether oxygens (including phenoxy) is 1. The molecule has 0 saturated heterocycles. The molecule has 3 nitrogen and oxygen atoms in total. The minimum atomic E-state index is 0.609. The van der Waals surface area contributed by atoms with Gasteiger partial charge in [-0.05, 0) is 17.7 Å². The number of methoxy groups -OCH3 is 1. The van der Waals surface area contributed by atoms with E-state index in [1.165, 1.54) is 10.4 Å². The molecule has 0 aliphatic rings. The zero-order valence-corrected chi connectivity index (χ0v) is 12.6. The molecule has 0 aliphatic heterocycles. The monoisotopic (exact) mass is 296 g/mol. The molecule has 1 aromatic heterocycles. The normalized spacial score (nSPS) is 10.5. The first-order chi connectivity index (χ1) is 10.3. The zero-order chi connectivity index (χ0) is 14.7. The van der Waals surface area contributed by atoms with Crippen LogP contribution in [-0.4, -0.2) is 12.1 Å². The van der Waals surface area contributed by atoms with E-state index in [2.05, 4.69) is 29.2 Å². The van der Waals surface area contributed by atoms with Crippen LogP contribution in [0.4, 0.5) is 5.13 Å². The maximum Gasteiger partial charge on any atom is 0.180 e. The molecule has 0 bridgehead atoms. The third kappa shape index (κ3) is 3.06. The number of rotatable bonds is 4. The summed E-state index contributed by atoms with van der Waals surface area (Å²) in [5, 5.41) is 0.609. The molecule has 3 aromatic rings. The van der Waals surface area contributed by atoms with Crippen molar-refractivity contribution in [3.63, 3.8) is 0 Å². The van der Waals surface area contributed by atoms with Gasteiger partial charge in [-0.2, -0.15) is 0 Å². The Bertz CT molecular complexity index is 720. The van der Waals surface area contributed by atoms with Gasteiger partial charge in [0.05, 0.1) is 12.8 Å². The molecular weight excluding hydrogens is 280 g/mol. The SMILES string of the molecule is COc1ccc(Cc2sc(N)nc2-c2ccccc2)cc1. The Balaban J connectivity index is 1.92. The number of nitrogens with zero attached hydrogens (tertiary/aromatic N) is 1. The molecule has 0 unspecified atom stereocenters. The van der Waals surface area contributed by atoms with E-state index < -0.39 is 0 Å². The highest BCUT2D eigenvalue weighted by molar-refractivity contribution is 7.15. The van der Waals surface area contributed by atoms with Crippen molar-refractivity contribution in [2.75, 3.05) is 12.8 Å². The molecule has 0 aliphatic carbocycles. The molecule has 2 N–H and O–H groups in total. The van der Waals surface area contributed by atoms with Crippen LogP contribution in [-0.2, 0) is 6.42 Å². The summed E-state index contributed by atoms with van der Waals surface area (Å²) in [6, 6.07) is 18.3. The lowest BCUT2D eigenvalue weighted by molar-refractivity contribution is 0.414. The fraction of sp³-hybridized carbons (Fsp3) is 0.118. The Labute approximate surface area is 128 Å². The van der Waals surface area contributed by atoms with E-state index in [0.29, 0.717) is 5.13 Å². The lowest BCUT2D eigenvalue weighted by Crippen LogP contribution is -1.90. The van der Waals surface area contributed by atoms with E-state index in [1.807, 2.05) is 30.3 Å². The van der Waals surface area contributed by atoms with Crippen molar-refractivity contribution in [1.29, 1.82) is 0 Å². The average molecular weight is 296 g/mol. The molecule has 106 valence electrons. The maximum absolute atomic E-state index is 5.90. The number of nitrogen functional groups attached to an aromatic ring is 1. The minimum absolute atomic E-state index is 0.609. The van der Waals surface area contributed by atoms with Crippen LogP contribution in [0.15, 0.2) is 54.6 Å². The zero-order valence-electron chi connectivity index (χ0n) is 11.7. The fourth-order valence-electron chi connectivity index (χ4n) is 2.24. The second kappa shape index (κ2) is 5.97. The number of hydrogen-bond acceptors (Lipinski definition) is 4. The first-order valence-electron chi connectivity index (χ1n) is 6.70. The number of hydrogen-bond donors (Lipinski definition) is 1. The molecule has 2 aromatic carbocycles. The highest BCUT2D eigenvalue weighted by atomic mass is 32.1. The Kier molecular flexibility index (Phi) is 3.88. The van der Waals surface area contributed by atoms with Crippen LogP contribution < -0.4 is 10.5 Å². The predicted molar refractivity (Wildman–Crippen MR) is 87.8 cm³/mol. The van der Waals surface area contributed by atoms with Gasteiger partial charge in [0.2, 0.25) is 0 Å². The van der Waals surface area contributed by atoms with Gasteiger partial charge in [-0.25, -0.2) is 4.98 Å². The summed E-state index contributed by atoms with van der Waals surface area (Å²) in [6.07, 6.45) is 0.823. The first kappa shape index (κ1) is 13.6. The van der Waals surface area contributed by atoms with Crippen LogP contribution in [0.2, 0.25) is 0 Å². The quantitative estimate of drug-likeness (QED) is 0.792. The lowest BCUT2D eigenvalue weighted by atomic mass is 10.1. The van der Waals surface area contributed by atoms with E-state index in [-0.39, 0.29) is 0 Å². The minimum Gasteiger partial charge on any atom is -0.497 e. The maximum atomic E-state index is 5.90. The molecule has 0 radical (unpaired) electrons. The van der Waals surface area contributed by atoms with Gasteiger partial charge in [0.25, 0.3) is 0 Å². The molecule has 21 heavy (non-hydrogen) atoms. The van der Waals surface area contributed by atoms with Crippen molar-refractivity contribution >= 4 is 16.5 Å². The molecule has 0 amide bonds. The van der Waals surface area contributed by atoms with E-state index >= 15 is 0 Å². The van der Waals surface area contributed by atoms with Crippen molar-refractivity contribution in [2.45, 2.75) is 6.42 Å². The van der Waals surface area contributed by atoms with Crippen LogP contribution in [0.25, 0.3) is 11.3 Å². The predicted octanol–water partition coefficient (Wildman–Crippen LogP) is 3.99. The van der Waals surface area contributed by atoms with Crippen LogP contribution in [0.1, 0.15) is 10.4 Å². The molecule has 0 fully saturated rings. The molecular formula is C17H16N2OS. The Morgan fingerprint density at radius 3 is 2.43 bits per heavy atom. The Morgan fingerprint density at radius 2 is 1.76 bits per heavy atom. The second-order valence-corrected chi connectivity index (χ2v) is 5.83. The van der Waals surface area contributed by atoms with Gasteiger partial charge in [0.15, 0.2) is 5.13 Å². The van der Waals surface area contributed by atoms with Crippen LogP contribution in [0.3, 0.4) is 0 Å². The fourth-order valence-corrected chi connectivity index (χ4v) is 3.13. The molecule has 0 spiro atoms. The Morgan fingerprint density at radius 1 is 1.05 bits per heavy atom. The average Bonchev–Trinajstić information content (AvgIpc) is 2.89. The van der Waals surface area contributed by atoms with Crippen LogP contribution in [0, 0.1) is 0 Å². The van der Waals surface area contributed by atoms with Crippen molar-refractivity contribution in [1.82, 2.24) is 4.98 Å². The Hall–Kier alpha value is -2.33. The molecule has 4 heteroatoms. The van der Waals surface area contributed by atoms with E-state index in [4.69, 9.17) is 10.5 Å². The van der Waals surface area contributed by atoms with Crippen molar-refractivity contribution < 1.29 is 4.74 Å². The lowest BCUT2D eigenvalue weighted by Gasteiger charge is -2.04. The van der Waals surface area contributed by atoms with Crippen LogP contribution in [0.5, 0.6) is 5.75 Å². The van der Waals surface area contributed by atoms with Crippen molar-refractivity contribution in [3.05, 3.63) is 65.0 Å². The van der Waals surface area contributed by atoms with Gasteiger partial charge >= 0.3 is 0 Å². The summed E-state index contributed by atoms with van der Waals surface area (Å²) >= 11 is 1.55. The van der Waals surface area contributed by atoms with E-state index in [0.717, 1.165) is 23.4 Å². The van der Waals surface area contributed by atoms with Crippen LogP contribution >= 0.6 is 11.3 Å². The highest BCUT2D eigenvalue weighted by Gasteiger charge is 2.12. The number of anilines is 1. The van der Waals surface area contributed by atoms with Gasteiger partial charge < -0.3 is 10.5 Å². The van der Waals surface area contributed by atoms with Crippen molar-refractivity contribution in [3.8, 4) is 17.0 Å². The first-order valence-corrected chi connectivity index (χ1v) is 7.51. The number of aromatic nitrogens is 1. The summed E-state index contributed by atoms with van der Waals surface area (Å²) in [4.78, 5) is 5.67. The van der Waals surface area contributed by atoms with Gasteiger partial charge in [-0.3, -0.25) is 0 Å². The van der Waals surface area contributed by atoms with Gasteiger partial charge in [0, 0.05) is 16.9 Å². The number of thiazole rings is 1. The summed E-state index contributed by atoms with van der Waals surface area (Å²) < 4.78 is 5.19. The third-order valence-electron chi connectivity index (χ3n) is 3.28. The molecule has 0 saturated carbocycles. The van der Waals surface area contributed by atoms with E-state index in [9.17, 15) is 0 Å². The van der Waals surface area contributed by atoms with E-state index in [1.54, 1.807) is 18.4 Å². The number of nitrogens with two attached hydrogens (primary N) is 1. The molecule has 1 heterocycles. The van der Waals surface area contributed by atoms with Gasteiger partial charge in [-0.1, -0.05) is 42.5 Å². The van der Waals surface area contributed by atoms with Crippen molar-refractivity contribution in [2.24, 2.45) is 0 Å². The topological polar surface area (TPSA) is 48.1 Å². The summed E-state index contributed by atoms with van der Waals surface area (Å²) in [5.74, 6) is 0.867. The highest BCUT2D eigenvalue weighted by Crippen LogP contribution is 2.31. The second-order valence-electron chi connectivity index (χ2n) is 4.71. The molecule has 0 atom stereocenters. The largest absolute Gasteiger partial charge is 0.497 e. The van der Waals surface area contributed by atoms with Gasteiger partial charge in [0.1, 0.15) is 5.75 Å². The number of benzene rings is 2. The smallest absolute Gasteiger partial charge is 0.180 e. The standard InChI is InChI=1S/C17H16N2OS/c1-20-14-9-7-12(8-10-14)11-15-16(19-17(18)21-15)13-5-3-2-4-6-13/h2-10H,11H2,1H3,(H2,18,19).